The molecule has 0 saturated heterocycles. The molecule has 2 heterocycles. The summed E-state index contributed by atoms with van der Waals surface area (Å²) in [6, 6.07) is 7.70. The molecule has 0 spiro atoms. The van der Waals surface area contributed by atoms with E-state index in [1.165, 1.54) is 10.4 Å². The molecular formula is C20H22ClN3OS. The molecule has 0 unspecified atom stereocenters. The quantitative estimate of drug-likeness (QED) is 0.687. The normalized spacial score (nSPS) is 18.0. The SMILES string of the molecule is C[C@H]1CCc2c(sc3nc([C@@H](C)NCc4ccccc4Cl)[nH]c(=O)c23)C1. The summed E-state index contributed by atoms with van der Waals surface area (Å²) in [7, 11) is 0. The minimum Gasteiger partial charge on any atom is -0.309 e. The third kappa shape index (κ3) is 3.31. The largest absolute Gasteiger partial charge is 0.309 e. The Morgan fingerprint density at radius 2 is 2.23 bits per heavy atom. The van der Waals surface area contributed by atoms with Gasteiger partial charge >= 0.3 is 0 Å². The molecule has 0 saturated carbocycles. The van der Waals surface area contributed by atoms with Gasteiger partial charge in [-0.15, -0.1) is 11.3 Å². The number of nitrogens with one attached hydrogen (secondary N) is 2. The first-order valence-electron chi connectivity index (χ1n) is 9.04. The van der Waals surface area contributed by atoms with E-state index in [1.54, 1.807) is 11.3 Å². The molecule has 2 N–H and O–H groups in total. The molecule has 26 heavy (non-hydrogen) atoms. The minimum atomic E-state index is -0.0681. The average molecular weight is 388 g/mol. The van der Waals surface area contributed by atoms with Gasteiger partial charge < -0.3 is 10.3 Å². The highest BCUT2D eigenvalue weighted by molar-refractivity contribution is 7.18. The summed E-state index contributed by atoms with van der Waals surface area (Å²) in [5.74, 6) is 1.37. The molecule has 4 rings (SSSR count). The number of aryl methyl sites for hydroxylation is 1. The highest BCUT2D eigenvalue weighted by atomic mass is 35.5. The molecule has 1 aliphatic carbocycles. The van der Waals surface area contributed by atoms with Crippen molar-refractivity contribution in [1.29, 1.82) is 0 Å². The summed E-state index contributed by atoms with van der Waals surface area (Å²) in [4.78, 5) is 22.7. The molecule has 0 radical (unpaired) electrons. The van der Waals surface area contributed by atoms with Gasteiger partial charge in [0.05, 0.1) is 11.4 Å². The first-order chi connectivity index (χ1) is 12.5. The lowest BCUT2D eigenvalue weighted by molar-refractivity contribution is 0.509. The Labute approximate surface area is 161 Å². The molecule has 0 amide bonds. The van der Waals surface area contributed by atoms with Crippen LogP contribution in [0.25, 0.3) is 10.2 Å². The Balaban J connectivity index is 1.61. The zero-order valence-corrected chi connectivity index (χ0v) is 16.5. The molecule has 136 valence electrons. The number of nitrogens with zero attached hydrogens (tertiary/aromatic N) is 1. The van der Waals surface area contributed by atoms with Crippen LogP contribution in [0.2, 0.25) is 5.02 Å². The average Bonchev–Trinajstić information content (AvgIpc) is 2.98. The van der Waals surface area contributed by atoms with Gasteiger partial charge in [-0.25, -0.2) is 4.98 Å². The van der Waals surface area contributed by atoms with Crippen molar-refractivity contribution >= 4 is 33.2 Å². The maximum Gasteiger partial charge on any atom is 0.259 e. The van der Waals surface area contributed by atoms with E-state index in [9.17, 15) is 4.79 Å². The van der Waals surface area contributed by atoms with Crippen molar-refractivity contribution in [3.63, 3.8) is 0 Å². The fourth-order valence-electron chi connectivity index (χ4n) is 3.57. The van der Waals surface area contributed by atoms with Gasteiger partial charge in [0.2, 0.25) is 0 Å². The number of hydrogen-bond acceptors (Lipinski definition) is 4. The number of H-pyrrole nitrogens is 1. The molecule has 0 bridgehead atoms. The van der Waals surface area contributed by atoms with Crippen molar-refractivity contribution in [1.82, 2.24) is 15.3 Å². The standard InChI is InChI=1S/C20H22ClN3OS/c1-11-7-8-14-16(9-11)26-20-17(14)19(25)23-18(24-20)12(2)22-10-13-5-3-4-6-15(13)21/h3-6,11-12,22H,7-10H2,1-2H3,(H,23,24,25)/t11-,12+/m0/s1. The second-order valence-electron chi connectivity index (χ2n) is 7.18. The van der Waals surface area contributed by atoms with Crippen molar-refractivity contribution in [2.75, 3.05) is 0 Å². The Kier molecular flexibility index (Phi) is 4.86. The molecule has 3 aromatic rings. The lowest BCUT2D eigenvalue weighted by Gasteiger charge is -2.17. The van der Waals surface area contributed by atoms with Crippen LogP contribution in [-0.2, 0) is 19.4 Å². The zero-order valence-electron chi connectivity index (χ0n) is 14.9. The van der Waals surface area contributed by atoms with Gasteiger partial charge in [0.15, 0.2) is 0 Å². The number of fused-ring (bicyclic) bond motifs is 3. The predicted molar refractivity (Wildman–Crippen MR) is 108 cm³/mol. The van der Waals surface area contributed by atoms with Crippen molar-refractivity contribution in [2.45, 2.75) is 45.7 Å². The van der Waals surface area contributed by atoms with E-state index in [4.69, 9.17) is 16.6 Å². The van der Waals surface area contributed by atoms with Crippen LogP contribution in [0.4, 0.5) is 0 Å². The summed E-state index contributed by atoms with van der Waals surface area (Å²) in [6.45, 7) is 4.91. The zero-order chi connectivity index (χ0) is 18.3. The van der Waals surface area contributed by atoms with Crippen LogP contribution in [0.1, 0.15) is 48.1 Å². The number of thiophene rings is 1. The fraction of sp³-hybridized carbons (Fsp3) is 0.400. The Morgan fingerprint density at radius 1 is 1.42 bits per heavy atom. The van der Waals surface area contributed by atoms with Crippen LogP contribution < -0.4 is 10.9 Å². The van der Waals surface area contributed by atoms with Gasteiger partial charge in [0.25, 0.3) is 5.56 Å². The lowest BCUT2D eigenvalue weighted by atomic mass is 9.89. The van der Waals surface area contributed by atoms with Crippen LogP contribution in [0.5, 0.6) is 0 Å². The van der Waals surface area contributed by atoms with Crippen LogP contribution in [0.3, 0.4) is 0 Å². The predicted octanol–water partition coefficient (Wildman–Crippen LogP) is 4.61. The second-order valence-corrected chi connectivity index (χ2v) is 8.67. The molecule has 2 atom stereocenters. The summed E-state index contributed by atoms with van der Waals surface area (Å²) >= 11 is 7.90. The molecule has 2 aromatic heterocycles. The molecular weight excluding hydrogens is 366 g/mol. The number of rotatable bonds is 4. The number of hydrogen-bond donors (Lipinski definition) is 2. The van der Waals surface area contributed by atoms with Crippen LogP contribution in [0, 0.1) is 5.92 Å². The van der Waals surface area contributed by atoms with E-state index in [0.717, 1.165) is 40.1 Å². The fourth-order valence-corrected chi connectivity index (χ4v) is 5.17. The van der Waals surface area contributed by atoms with E-state index in [1.807, 2.05) is 31.2 Å². The van der Waals surface area contributed by atoms with Crippen molar-refractivity contribution in [2.24, 2.45) is 5.92 Å². The minimum absolute atomic E-state index is 0.0107. The number of aromatic nitrogens is 2. The first kappa shape index (κ1) is 17.7. The molecule has 1 aromatic carbocycles. The van der Waals surface area contributed by atoms with E-state index >= 15 is 0 Å². The third-order valence-electron chi connectivity index (χ3n) is 5.15. The van der Waals surface area contributed by atoms with Crippen molar-refractivity contribution in [3.8, 4) is 0 Å². The lowest BCUT2D eigenvalue weighted by Crippen LogP contribution is -2.23. The van der Waals surface area contributed by atoms with Crippen molar-refractivity contribution < 1.29 is 0 Å². The van der Waals surface area contributed by atoms with Crippen LogP contribution >= 0.6 is 22.9 Å². The maximum atomic E-state index is 12.7. The van der Waals surface area contributed by atoms with E-state index in [-0.39, 0.29) is 11.6 Å². The van der Waals surface area contributed by atoms with Gasteiger partial charge in [0.1, 0.15) is 10.7 Å². The van der Waals surface area contributed by atoms with Crippen LogP contribution in [0.15, 0.2) is 29.1 Å². The molecule has 4 nitrogen and oxygen atoms in total. The Hall–Kier alpha value is -1.69. The Morgan fingerprint density at radius 3 is 3.04 bits per heavy atom. The summed E-state index contributed by atoms with van der Waals surface area (Å²) in [6.07, 6.45) is 3.20. The third-order valence-corrected chi connectivity index (χ3v) is 6.67. The van der Waals surface area contributed by atoms with Gasteiger partial charge in [-0.05, 0) is 49.3 Å². The highest BCUT2D eigenvalue weighted by Crippen LogP contribution is 2.35. The highest BCUT2D eigenvalue weighted by Gasteiger charge is 2.23. The van der Waals surface area contributed by atoms with E-state index < -0.39 is 0 Å². The van der Waals surface area contributed by atoms with Crippen LogP contribution in [-0.4, -0.2) is 9.97 Å². The van der Waals surface area contributed by atoms with Gasteiger partial charge in [-0.3, -0.25) is 4.79 Å². The number of aromatic amines is 1. The smallest absolute Gasteiger partial charge is 0.259 e. The Bertz CT molecular complexity index is 1010. The summed E-state index contributed by atoms with van der Waals surface area (Å²) in [5, 5.41) is 4.95. The van der Waals surface area contributed by atoms with Gasteiger partial charge in [-0.2, -0.15) is 0 Å². The molecule has 6 heteroatoms. The van der Waals surface area contributed by atoms with Crippen molar-refractivity contribution in [3.05, 3.63) is 61.5 Å². The summed E-state index contributed by atoms with van der Waals surface area (Å²) < 4.78 is 0. The summed E-state index contributed by atoms with van der Waals surface area (Å²) in [5.41, 5.74) is 2.24. The van der Waals surface area contributed by atoms with E-state index in [2.05, 4.69) is 17.2 Å². The van der Waals surface area contributed by atoms with Gasteiger partial charge in [-0.1, -0.05) is 36.7 Å². The van der Waals surface area contributed by atoms with E-state index in [0.29, 0.717) is 18.3 Å². The van der Waals surface area contributed by atoms with Gasteiger partial charge in [0, 0.05) is 16.4 Å². The number of benzene rings is 1. The molecule has 1 aliphatic rings. The molecule has 0 fully saturated rings. The molecule has 0 aliphatic heterocycles. The monoisotopic (exact) mass is 387 g/mol. The first-order valence-corrected chi connectivity index (χ1v) is 10.2. The number of halogens is 1. The maximum absolute atomic E-state index is 12.7. The topological polar surface area (TPSA) is 57.8 Å². The second kappa shape index (κ2) is 7.14.